The molecule has 0 fully saturated rings. The molecule has 0 aliphatic carbocycles. The summed E-state index contributed by atoms with van der Waals surface area (Å²) in [6.45, 7) is 1.47. The standard InChI is InChI=1S/C23H22ClN3O5.Na.H/c1-14-13-26(2)22(31)20(21(14)30)27(23(32)25-11-10-19(28)29)18-5-3-4-16(12-18)15-6-8-17(24)9-7-15;;/h3-9,12-13,30H,10-11H2,1-2H3,(H,25,32)(H,28,29);;/q;+1;-1. The van der Waals surface area contributed by atoms with Gasteiger partial charge < -0.3 is 21.5 Å². The molecule has 0 aliphatic heterocycles. The normalized spacial score (nSPS) is 10.3. The number of carbonyl (C=O) groups excluding carboxylic acids is 1. The van der Waals surface area contributed by atoms with Gasteiger partial charge in [0.2, 0.25) is 0 Å². The molecule has 3 aromatic rings. The fraction of sp³-hybridized carbons (Fsp3) is 0.174. The number of amides is 2. The van der Waals surface area contributed by atoms with E-state index in [9.17, 15) is 19.5 Å². The van der Waals surface area contributed by atoms with Crippen molar-refractivity contribution in [3.8, 4) is 16.9 Å². The zero-order valence-electron chi connectivity index (χ0n) is 19.5. The van der Waals surface area contributed by atoms with E-state index in [0.717, 1.165) is 16.0 Å². The molecule has 8 nitrogen and oxygen atoms in total. The molecule has 0 unspecified atom stereocenters. The zero-order chi connectivity index (χ0) is 23.4. The van der Waals surface area contributed by atoms with Crippen LogP contribution in [0.25, 0.3) is 11.1 Å². The average molecular weight is 480 g/mol. The van der Waals surface area contributed by atoms with Gasteiger partial charge in [-0.1, -0.05) is 35.9 Å². The second-order valence-electron chi connectivity index (χ2n) is 7.19. The molecule has 0 aliphatic rings. The van der Waals surface area contributed by atoms with Crippen LogP contribution in [0.1, 0.15) is 13.4 Å². The number of hydrogen-bond acceptors (Lipinski definition) is 4. The van der Waals surface area contributed by atoms with Gasteiger partial charge in [0.05, 0.1) is 12.1 Å². The van der Waals surface area contributed by atoms with Gasteiger partial charge in [-0.3, -0.25) is 14.5 Å². The number of carbonyl (C=O) groups is 2. The van der Waals surface area contributed by atoms with Gasteiger partial charge in [0.25, 0.3) is 5.56 Å². The number of aromatic hydroxyl groups is 1. The number of rotatable bonds is 6. The fourth-order valence-electron chi connectivity index (χ4n) is 3.24. The Labute approximate surface area is 219 Å². The molecule has 0 spiro atoms. The van der Waals surface area contributed by atoms with E-state index >= 15 is 0 Å². The maximum absolute atomic E-state index is 13.1. The molecule has 0 radical (unpaired) electrons. The first-order chi connectivity index (χ1) is 15.2. The van der Waals surface area contributed by atoms with Crippen LogP contribution in [0.15, 0.2) is 59.5 Å². The molecule has 3 N–H and O–H groups in total. The number of pyridine rings is 1. The molecule has 168 valence electrons. The number of aryl methyl sites for hydroxylation is 2. The summed E-state index contributed by atoms with van der Waals surface area (Å²) in [5, 5.41) is 22.6. The van der Waals surface area contributed by atoms with Gasteiger partial charge in [-0.25, -0.2) is 4.79 Å². The Morgan fingerprint density at radius 3 is 2.45 bits per heavy atom. The molecule has 2 amide bonds. The number of nitrogens with one attached hydrogen (secondary N) is 1. The molecule has 3 rings (SSSR count). The molecular formula is C23H23ClN3NaO5. The van der Waals surface area contributed by atoms with E-state index in [1.807, 2.05) is 18.2 Å². The third-order valence-corrected chi connectivity index (χ3v) is 5.08. The molecule has 33 heavy (non-hydrogen) atoms. The van der Waals surface area contributed by atoms with Crippen LogP contribution < -0.4 is 45.3 Å². The van der Waals surface area contributed by atoms with Crippen molar-refractivity contribution in [3.05, 3.63) is 75.7 Å². The third-order valence-electron chi connectivity index (χ3n) is 4.83. The molecule has 10 heteroatoms. The van der Waals surface area contributed by atoms with Crippen molar-refractivity contribution in [2.45, 2.75) is 13.3 Å². The van der Waals surface area contributed by atoms with Crippen LogP contribution in [0.5, 0.6) is 5.75 Å². The van der Waals surface area contributed by atoms with Gasteiger partial charge in [-0.05, 0) is 42.3 Å². The van der Waals surface area contributed by atoms with Gasteiger partial charge in [0.15, 0.2) is 5.69 Å². The smallest absolute Gasteiger partial charge is 1.00 e. The van der Waals surface area contributed by atoms with Crippen molar-refractivity contribution < 1.29 is 50.8 Å². The first kappa shape index (κ1) is 26.5. The number of urea groups is 1. The predicted molar refractivity (Wildman–Crippen MR) is 124 cm³/mol. The fourth-order valence-corrected chi connectivity index (χ4v) is 3.36. The summed E-state index contributed by atoms with van der Waals surface area (Å²) in [6, 6.07) is 13.2. The molecule has 0 atom stereocenters. The average Bonchev–Trinajstić information content (AvgIpc) is 2.75. The van der Waals surface area contributed by atoms with Gasteiger partial charge in [-0.15, -0.1) is 0 Å². The topological polar surface area (TPSA) is 112 Å². The van der Waals surface area contributed by atoms with Crippen molar-refractivity contribution in [1.82, 2.24) is 9.88 Å². The SMILES string of the molecule is Cc1cn(C)c(=O)c(N(C(=O)NCCC(=O)O)c2cccc(-c3ccc(Cl)cc3)c2)c1O.[H-].[Na+]. The maximum Gasteiger partial charge on any atom is 1.00 e. The zero-order valence-corrected chi connectivity index (χ0v) is 21.3. The van der Waals surface area contributed by atoms with Crippen molar-refractivity contribution in [2.75, 3.05) is 11.4 Å². The number of aliphatic carboxylic acids is 1. The number of hydrogen-bond donors (Lipinski definition) is 3. The Morgan fingerprint density at radius 2 is 1.82 bits per heavy atom. The summed E-state index contributed by atoms with van der Waals surface area (Å²) >= 11 is 5.97. The van der Waals surface area contributed by atoms with Gasteiger partial charge in [0, 0.05) is 30.4 Å². The second kappa shape index (κ2) is 11.4. The van der Waals surface area contributed by atoms with Crippen molar-refractivity contribution >= 4 is 35.0 Å². The van der Waals surface area contributed by atoms with E-state index in [-0.39, 0.29) is 55.4 Å². The number of aromatic nitrogens is 1. The Balaban J connectivity index is 0.00000289. The number of halogens is 1. The van der Waals surface area contributed by atoms with E-state index in [2.05, 4.69) is 5.32 Å². The first-order valence-electron chi connectivity index (χ1n) is 9.74. The number of nitrogens with zero attached hydrogens (tertiary/aromatic N) is 2. The van der Waals surface area contributed by atoms with E-state index in [4.69, 9.17) is 16.7 Å². The minimum Gasteiger partial charge on any atom is -1.00 e. The Morgan fingerprint density at radius 1 is 1.15 bits per heavy atom. The minimum atomic E-state index is -1.07. The van der Waals surface area contributed by atoms with Crippen LogP contribution in [-0.2, 0) is 11.8 Å². The maximum atomic E-state index is 13.1. The van der Waals surface area contributed by atoms with E-state index < -0.39 is 17.6 Å². The van der Waals surface area contributed by atoms with Gasteiger partial charge in [-0.2, -0.15) is 0 Å². The molecule has 0 bridgehead atoms. The quantitative estimate of drug-likeness (QED) is 0.459. The minimum absolute atomic E-state index is 0. The molecule has 2 aromatic carbocycles. The first-order valence-corrected chi connectivity index (χ1v) is 10.1. The summed E-state index contributed by atoms with van der Waals surface area (Å²) in [5.41, 5.74) is 1.50. The van der Waals surface area contributed by atoms with Crippen molar-refractivity contribution in [3.63, 3.8) is 0 Å². The molecule has 1 aromatic heterocycles. The van der Waals surface area contributed by atoms with Crippen LogP contribution in [0.3, 0.4) is 0 Å². The Bertz CT molecular complexity index is 1230. The number of carboxylic acids is 1. The van der Waals surface area contributed by atoms with Crippen molar-refractivity contribution in [1.29, 1.82) is 0 Å². The third kappa shape index (κ3) is 6.17. The Hall–Kier alpha value is -2.78. The van der Waals surface area contributed by atoms with Crippen LogP contribution in [-0.4, -0.2) is 33.3 Å². The summed E-state index contributed by atoms with van der Waals surface area (Å²) in [5.74, 6) is -1.41. The molecule has 0 saturated carbocycles. The second-order valence-corrected chi connectivity index (χ2v) is 7.63. The summed E-state index contributed by atoms with van der Waals surface area (Å²) in [6.07, 6.45) is 1.17. The van der Waals surface area contributed by atoms with Crippen LogP contribution in [0.4, 0.5) is 16.2 Å². The van der Waals surface area contributed by atoms with E-state index in [1.165, 1.54) is 17.8 Å². The van der Waals surface area contributed by atoms with E-state index in [0.29, 0.717) is 16.3 Å². The largest absolute Gasteiger partial charge is 1.00 e. The van der Waals surface area contributed by atoms with Gasteiger partial charge >= 0.3 is 41.6 Å². The van der Waals surface area contributed by atoms with Crippen LogP contribution in [0, 0.1) is 6.92 Å². The molecule has 1 heterocycles. The number of carboxylic acid groups (broad SMARTS) is 1. The van der Waals surface area contributed by atoms with Crippen molar-refractivity contribution in [2.24, 2.45) is 7.05 Å². The summed E-state index contributed by atoms with van der Waals surface area (Å²) in [7, 11) is 1.52. The van der Waals surface area contributed by atoms with Gasteiger partial charge in [0.1, 0.15) is 5.75 Å². The molecule has 0 saturated heterocycles. The number of anilines is 2. The molecular weight excluding hydrogens is 457 g/mol. The number of benzene rings is 2. The predicted octanol–water partition coefficient (Wildman–Crippen LogP) is 1.16. The van der Waals surface area contributed by atoms with E-state index in [1.54, 1.807) is 37.3 Å². The monoisotopic (exact) mass is 479 g/mol. The Kier molecular flexibility index (Phi) is 9.13. The van der Waals surface area contributed by atoms with Crippen LogP contribution in [0.2, 0.25) is 5.02 Å². The van der Waals surface area contributed by atoms with Crippen LogP contribution >= 0.6 is 11.6 Å². The summed E-state index contributed by atoms with van der Waals surface area (Å²) < 4.78 is 1.27. The summed E-state index contributed by atoms with van der Waals surface area (Å²) in [4.78, 5) is 37.9.